The van der Waals surface area contributed by atoms with Crippen molar-refractivity contribution >= 4 is 5.69 Å². The maximum Gasteiger partial charge on any atom is 0.153 e. The smallest absolute Gasteiger partial charge is 0.153 e. The van der Waals surface area contributed by atoms with Gasteiger partial charge in [0.2, 0.25) is 0 Å². The standard InChI is InChI=1S/C17H25F2N3O2/c18-15-11-14(24-10-9-21-5-1-13(23)2-6-21)12-16(19)17(15)22-7-3-20-4-8-22/h11-13,20,23H,1-10H2. The second-order valence-corrected chi connectivity index (χ2v) is 6.39. The topological polar surface area (TPSA) is 48.0 Å². The number of hydrogen-bond donors (Lipinski definition) is 2. The number of halogens is 2. The van der Waals surface area contributed by atoms with Crippen molar-refractivity contribution in [2.45, 2.75) is 18.9 Å². The molecular formula is C17H25F2N3O2. The summed E-state index contributed by atoms with van der Waals surface area (Å²) in [6, 6.07) is 2.53. The number of aliphatic hydroxyl groups excluding tert-OH is 1. The number of nitrogens with one attached hydrogen (secondary N) is 1. The van der Waals surface area contributed by atoms with Crippen LogP contribution in [0.3, 0.4) is 0 Å². The highest BCUT2D eigenvalue weighted by atomic mass is 19.1. The summed E-state index contributed by atoms with van der Waals surface area (Å²) in [5, 5.41) is 12.6. The maximum atomic E-state index is 14.3. The maximum absolute atomic E-state index is 14.3. The van der Waals surface area contributed by atoms with Crippen LogP contribution < -0.4 is 15.0 Å². The minimum absolute atomic E-state index is 0.0360. The highest BCUT2D eigenvalue weighted by Gasteiger charge is 2.21. The normalized spacial score (nSPS) is 20.4. The average molecular weight is 341 g/mol. The first-order valence-corrected chi connectivity index (χ1v) is 8.61. The van der Waals surface area contributed by atoms with E-state index in [0.29, 0.717) is 26.2 Å². The fourth-order valence-electron chi connectivity index (χ4n) is 3.25. The molecule has 0 atom stereocenters. The third-order valence-corrected chi connectivity index (χ3v) is 4.66. The number of anilines is 1. The van der Waals surface area contributed by atoms with Gasteiger partial charge in [-0.25, -0.2) is 8.78 Å². The second kappa shape index (κ2) is 8.09. The molecule has 2 fully saturated rings. The summed E-state index contributed by atoms with van der Waals surface area (Å²) in [6.07, 6.45) is 1.33. The number of aliphatic hydroxyl groups is 1. The van der Waals surface area contributed by atoms with E-state index in [9.17, 15) is 13.9 Å². The van der Waals surface area contributed by atoms with Crippen molar-refractivity contribution in [3.05, 3.63) is 23.8 Å². The number of benzene rings is 1. The van der Waals surface area contributed by atoms with Gasteiger partial charge in [-0.3, -0.25) is 4.90 Å². The zero-order valence-corrected chi connectivity index (χ0v) is 13.8. The molecule has 0 aromatic heterocycles. The molecular weight excluding hydrogens is 316 g/mol. The van der Waals surface area contributed by atoms with Crippen LogP contribution in [0, 0.1) is 11.6 Å². The Bertz CT molecular complexity index is 522. The molecule has 134 valence electrons. The average Bonchev–Trinajstić information content (AvgIpc) is 2.57. The lowest BCUT2D eigenvalue weighted by Crippen LogP contribution is -2.44. The number of likely N-dealkylation sites (tertiary alicyclic amines) is 1. The number of piperazine rings is 1. The molecule has 0 bridgehead atoms. The number of nitrogens with zero attached hydrogens (tertiary/aromatic N) is 2. The Kier molecular flexibility index (Phi) is 5.86. The fourth-order valence-corrected chi connectivity index (χ4v) is 3.25. The molecule has 0 spiro atoms. The second-order valence-electron chi connectivity index (χ2n) is 6.39. The largest absolute Gasteiger partial charge is 0.492 e. The summed E-state index contributed by atoms with van der Waals surface area (Å²) in [6.45, 7) is 5.36. The van der Waals surface area contributed by atoms with Crippen LogP contribution in [0.15, 0.2) is 12.1 Å². The van der Waals surface area contributed by atoms with Gasteiger partial charge in [-0.15, -0.1) is 0 Å². The first-order valence-electron chi connectivity index (χ1n) is 8.61. The fraction of sp³-hybridized carbons (Fsp3) is 0.647. The van der Waals surface area contributed by atoms with Crippen LogP contribution in [0.1, 0.15) is 12.8 Å². The predicted molar refractivity (Wildman–Crippen MR) is 88.6 cm³/mol. The van der Waals surface area contributed by atoms with Crippen LogP contribution >= 0.6 is 0 Å². The van der Waals surface area contributed by atoms with Gasteiger partial charge in [-0.05, 0) is 12.8 Å². The zero-order chi connectivity index (χ0) is 16.9. The number of rotatable bonds is 5. The van der Waals surface area contributed by atoms with Gasteiger partial charge in [0, 0.05) is 57.9 Å². The van der Waals surface area contributed by atoms with Crippen LogP contribution in [0.25, 0.3) is 0 Å². The molecule has 0 aliphatic carbocycles. The quantitative estimate of drug-likeness (QED) is 0.843. The van der Waals surface area contributed by atoms with Gasteiger partial charge in [0.1, 0.15) is 18.0 Å². The van der Waals surface area contributed by atoms with Gasteiger partial charge in [-0.2, -0.15) is 0 Å². The molecule has 0 unspecified atom stereocenters. The molecule has 0 amide bonds. The molecule has 2 heterocycles. The molecule has 1 aromatic rings. The van der Waals surface area contributed by atoms with Crippen molar-refractivity contribution in [1.29, 1.82) is 0 Å². The molecule has 0 saturated carbocycles. The lowest BCUT2D eigenvalue weighted by atomic mass is 10.1. The third-order valence-electron chi connectivity index (χ3n) is 4.66. The SMILES string of the molecule is OC1CCN(CCOc2cc(F)c(N3CCNCC3)c(F)c2)CC1. The Labute approximate surface area is 141 Å². The monoisotopic (exact) mass is 341 g/mol. The van der Waals surface area contributed by atoms with Crippen molar-refractivity contribution in [3.63, 3.8) is 0 Å². The van der Waals surface area contributed by atoms with E-state index < -0.39 is 11.6 Å². The first kappa shape index (κ1) is 17.4. The van der Waals surface area contributed by atoms with Crippen LogP contribution in [-0.4, -0.2) is 68.5 Å². The first-order chi connectivity index (χ1) is 11.6. The molecule has 1 aromatic carbocycles. The highest BCUT2D eigenvalue weighted by molar-refractivity contribution is 5.52. The van der Waals surface area contributed by atoms with E-state index in [4.69, 9.17) is 4.74 Å². The molecule has 24 heavy (non-hydrogen) atoms. The highest BCUT2D eigenvalue weighted by Crippen LogP contribution is 2.28. The molecule has 7 heteroatoms. The van der Waals surface area contributed by atoms with E-state index in [1.807, 2.05) is 0 Å². The third kappa shape index (κ3) is 4.34. The zero-order valence-electron chi connectivity index (χ0n) is 13.8. The molecule has 3 rings (SSSR count). The van der Waals surface area contributed by atoms with Gasteiger partial charge in [-0.1, -0.05) is 0 Å². The van der Waals surface area contributed by atoms with Gasteiger partial charge in [0.15, 0.2) is 11.6 Å². The Morgan fingerprint density at radius 2 is 1.71 bits per heavy atom. The van der Waals surface area contributed by atoms with Gasteiger partial charge in [0.25, 0.3) is 0 Å². The van der Waals surface area contributed by atoms with Crippen LogP contribution in [-0.2, 0) is 0 Å². The number of ether oxygens (including phenoxy) is 1. The van der Waals surface area contributed by atoms with Crippen molar-refractivity contribution in [3.8, 4) is 5.75 Å². The molecule has 0 radical (unpaired) electrons. The van der Waals surface area contributed by atoms with Gasteiger partial charge < -0.3 is 20.1 Å². The molecule has 2 saturated heterocycles. The Morgan fingerprint density at radius 3 is 2.33 bits per heavy atom. The molecule has 5 nitrogen and oxygen atoms in total. The van der Waals surface area contributed by atoms with Crippen LogP contribution in [0.5, 0.6) is 5.75 Å². The van der Waals surface area contributed by atoms with E-state index in [1.54, 1.807) is 4.90 Å². The molecule has 2 N–H and O–H groups in total. The van der Waals surface area contributed by atoms with Gasteiger partial charge in [0.05, 0.1) is 6.10 Å². The molecule has 2 aliphatic heterocycles. The Hall–Kier alpha value is -1.44. The van der Waals surface area contributed by atoms with E-state index in [0.717, 1.165) is 39.0 Å². The van der Waals surface area contributed by atoms with Crippen molar-refractivity contribution in [1.82, 2.24) is 10.2 Å². The summed E-state index contributed by atoms with van der Waals surface area (Å²) >= 11 is 0. The Morgan fingerprint density at radius 1 is 1.08 bits per heavy atom. The van der Waals surface area contributed by atoms with Gasteiger partial charge >= 0.3 is 0 Å². The predicted octanol–water partition coefficient (Wildman–Crippen LogP) is 1.21. The summed E-state index contributed by atoms with van der Waals surface area (Å²) < 4.78 is 34.1. The minimum atomic E-state index is -0.576. The summed E-state index contributed by atoms with van der Waals surface area (Å²) in [5.74, 6) is -0.929. The van der Waals surface area contributed by atoms with Crippen molar-refractivity contribution in [2.75, 3.05) is 57.3 Å². The minimum Gasteiger partial charge on any atom is -0.492 e. The number of piperidine rings is 1. The van der Waals surface area contributed by atoms with Crippen LogP contribution in [0.2, 0.25) is 0 Å². The number of hydrogen-bond acceptors (Lipinski definition) is 5. The van der Waals surface area contributed by atoms with E-state index in [-0.39, 0.29) is 17.5 Å². The lowest BCUT2D eigenvalue weighted by Gasteiger charge is -2.30. The summed E-state index contributed by atoms with van der Waals surface area (Å²) in [5.41, 5.74) is 0.0360. The summed E-state index contributed by atoms with van der Waals surface area (Å²) in [4.78, 5) is 3.92. The van der Waals surface area contributed by atoms with Crippen molar-refractivity contribution < 1.29 is 18.6 Å². The Balaban J connectivity index is 1.54. The van der Waals surface area contributed by atoms with E-state index in [1.165, 1.54) is 12.1 Å². The van der Waals surface area contributed by atoms with Crippen LogP contribution in [0.4, 0.5) is 14.5 Å². The summed E-state index contributed by atoms with van der Waals surface area (Å²) in [7, 11) is 0. The lowest BCUT2D eigenvalue weighted by molar-refractivity contribution is 0.0754. The molecule has 2 aliphatic rings. The van der Waals surface area contributed by atoms with E-state index >= 15 is 0 Å². The van der Waals surface area contributed by atoms with Crippen molar-refractivity contribution in [2.24, 2.45) is 0 Å². The van der Waals surface area contributed by atoms with E-state index in [2.05, 4.69) is 10.2 Å².